The minimum Gasteiger partial charge on any atom is -0.493 e. The molecule has 2 aromatic carbocycles. The van der Waals surface area contributed by atoms with Gasteiger partial charge in [0.2, 0.25) is 0 Å². The maximum Gasteiger partial charge on any atom is 0.286 e. The molecule has 1 saturated heterocycles. The molecule has 0 radical (unpaired) electrons. The molecule has 0 aliphatic carbocycles. The highest BCUT2D eigenvalue weighted by Crippen LogP contribution is 2.34. The fourth-order valence-corrected chi connectivity index (χ4v) is 4.17. The molecule has 2 aliphatic rings. The third kappa shape index (κ3) is 4.98. The van der Waals surface area contributed by atoms with Crippen molar-refractivity contribution in [3.05, 3.63) is 63.5 Å². The summed E-state index contributed by atoms with van der Waals surface area (Å²) >= 11 is 7.31. The number of halogens is 1. The third-order valence-corrected chi connectivity index (χ3v) is 5.98. The van der Waals surface area contributed by atoms with Crippen molar-refractivity contribution in [2.24, 2.45) is 4.99 Å². The molecule has 0 N–H and O–H groups in total. The molecule has 156 valence electrons. The quantitative estimate of drug-likeness (QED) is 0.643. The number of thioether (sulfide) groups is 1. The van der Waals surface area contributed by atoms with E-state index >= 15 is 0 Å². The molecule has 2 aromatic rings. The Morgan fingerprint density at radius 3 is 2.67 bits per heavy atom. The number of benzene rings is 2. The summed E-state index contributed by atoms with van der Waals surface area (Å²) < 4.78 is 16.7. The lowest BCUT2D eigenvalue weighted by Gasteiger charge is -2.27. The lowest BCUT2D eigenvalue weighted by molar-refractivity contribution is -0.113. The fourth-order valence-electron chi connectivity index (χ4n) is 3.07. The number of methoxy groups -OCH3 is 1. The second kappa shape index (κ2) is 9.55. The number of ether oxygens (including phenoxy) is 3. The summed E-state index contributed by atoms with van der Waals surface area (Å²) in [5.41, 5.74) is 1.85. The van der Waals surface area contributed by atoms with Crippen molar-refractivity contribution >= 4 is 40.5 Å². The maximum absolute atomic E-state index is 12.3. The zero-order chi connectivity index (χ0) is 20.9. The van der Waals surface area contributed by atoms with Gasteiger partial charge in [-0.3, -0.25) is 4.79 Å². The molecule has 0 unspecified atom stereocenters. The monoisotopic (exact) mass is 444 g/mol. The van der Waals surface area contributed by atoms with Crippen LogP contribution in [-0.2, 0) is 16.1 Å². The summed E-state index contributed by atoms with van der Waals surface area (Å²) in [4.78, 5) is 19.2. The predicted octanol–water partition coefficient (Wildman–Crippen LogP) is 4.23. The summed E-state index contributed by atoms with van der Waals surface area (Å²) in [5.74, 6) is 1.01. The van der Waals surface area contributed by atoms with E-state index in [0.29, 0.717) is 41.2 Å². The number of nitrogens with zero attached hydrogens (tertiary/aromatic N) is 2. The van der Waals surface area contributed by atoms with E-state index in [-0.39, 0.29) is 5.91 Å². The molecule has 1 fully saturated rings. The van der Waals surface area contributed by atoms with Gasteiger partial charge in [-0.05, 0) is 53.2 Å². The van der Waals surface area contributed by atoms with Crippen LogP contribution in [0.15, 0.2) is 52.4 Å². The Labute approximate surface area is 184 Å². The number of amides is 1. The molecular weight excluding hydrogens is 424 g/mol. The van der Waals surface area contributed by atoms with E-state index in [1.807, 2.05) is 48.5 Å². The van der Waals surface area contributed by atoms with Gasteiger partial charge in [0.15, 0.2) is 16.7 Å². The molecule has 6 nitrogen and oxygen atoms in total. The summed E-state index contributed by atoms with van der Waals surface area (Å²) in [6, 6.07) is 13.1. The first-order chi connectivity index (χ1) is 14.6. The molecule has 8 heteroatoms. The van der Waals surface area contributed by atoms with Crippen LogP contribution in [-0.4, -0.2) is 49.4 Å². The fraction of sp³-hybridized carbons (Fsp3) is 0.273. The largest absolute Gasteiger partial charge is 0.493 e. The van der Waals surface area contributed by atoms with Crippen molar-refractivity contribution in [3.63, 3.8) is 0 Å². The van der Waals surface area contributed by atoms with Crippen molar-refractivity contribution < 1.29 is 19.0 Å². The molecule has 0 atom stereocenters. The number of rotatable bonds is 5. The molecule has 30 heavy (non-hydrogen) atoms. The van der Waals surface area contributed by atoms with Gasteiger partial charge in [0.05, 0.1) is 25.2 Å². The van der Waals surface area contributed by atoms with Crippen LogP contribution in [0, 0.1) is 0 Å². The number of carbonyl (C=O) groups excluding carboxylic acids is 1. The Bertz CT molecular complexity index is 985. The van der Waals surface area contributed by atoms with Crippen LogP contribution < -0.4 is 9.47 Å². The molecule has 1 amide bonds. The highest BCUT2D eigenvalue weighted by molar-refractivity contribution is 8.18. The summed E-state index contributed by atoms with van der Waals surface area (Å²) in [7, 11) is 1.59. The van der Waals surface area contributed by atoms with E-state index < -0.39 is 0 Å². The van der Waals surface area contributed by atoms with Crippen LogP contribution in [0.2, 0.25) is 5.02 Å². The number of amidine groups is 1. The predicted molar refractivity (Wildman–Crippen MR) is 119 cm³/mol. The number of carbonyl (C=O) groups is 1. The van der Waals surface area contributed by atoms with E-state index in [1.165, 1.54) is 11.8 Å². The normalized spacial score (nSPS) is 17.9. The molecule has 0 spiro atoms. The Kier molecular flexibility index (Phi) is 6.62. The van der Waals surface area contributed by atoms with E-state index in [2.05, 4.69) is 9.89 Å². The molecule has 0 bridgehead atoms. The van der Waals surface area contributed by atoms with Gasteiger partial charge in [-0.15, -0.1) is 0 Å². The zero-order valence-corrected chi connectivity index (χ0v) is 18.0. The highest BCUT2D eigenvalue weighted by Gasteiger charge is 2.27. The minimum absolute atomic E-state index is 0.219. The number of morpholine rings is 1. The SMILES string of the molecule is COc1cc(/C=C2/SC(N3CCOCC3)=NC2=O)ccc1OCc1ccc(Cl)cc1. The van der Waals surface area contributed by atoms with E-state index in [4.69, 9.17) is 25.8 Å². The first kappa shape index (κ1) is 20.8. The van der Waals surface area contributed by atoms with Crippen LogP contribution in [0.4, 0.5) is 0 Å². The van der Waals surface area contributed by atoms with Crippen molar-refractivity contribution in [2.45, 2.75) is 6.61 Å². The number of hydrogen-bond donors (Lipinski definition) is 0. The Balaban J connectivity index is 1.44. The lowest BCUT2D eigenvalue weighted by Crippen LogP contribution is -2.38. The molecule has 0 aromatic heterocycles. The van der Waals surface area contributed by atoms with Gasteiger partial charge in [-0.1, -0.05) is 29.8 Å². The maximum atomic E-state index is 12.3. The second-order valence-electron chi connectivity index (χ2n) is 6.74. The van der Waals surface area contributed by atoms with Gasteiger partial charge in [0.25, 0.3) is 5.91 Å². The topological polar surface area (TPSA) is 60.4 Å². The van der Waals surface area contributed by atoms with E-state index in [1.54, 1.807) is 7.11 Å². The standard InChI is InChI=1S/C22H21ClN2O4S/c1-27-19-12-16(4-7-18(19)29-14-15-2-5-17(23)6-3-15)13-20-21(26)24-22(30-20)25-8-10-28-11-9-25/h2-7,12-13H,8-11,14H2,1H3/b20-13+. The summed E-state index contributed by atoms with van der Waals surface area (Å²) in [6.45, 7) is 3.21. The molecule has 2 aliphatic heterocycles. The van der Waals surface area contributed by atoms with Gasteiger partial charge in [0.1, 0.15) is 6.61 Å². The summed E-state index contributed by atoms with van der Waals surface area (Å²) in [6.07, 6.45) is 1.83. The Morgan fingerprint density at radius 1 is 1.17 bits per heavy atom. The van der Waals surface area contributed by atoms with Crippen molar-refractivity contribution in [2.75, 3.05) is 33.4 Å². The van der Waals surface area contributed by atoms with Gasteiger partial charge in [-0.25, -0.2) is 0 Å². The van der Waals surface area contributed by atoms with E-state index in [0.717, 1.165) is 29.4 Å². The molecule has 2 heterocycles. The van der Waals surface area contributed by atoms with Crippen LogP contribution in [0.1, 0.15) is 11.1 Å². The average Bonchev–Trinajstić information content (AvgIpc) is 3.14. The van der Waals surface area contributed by atoms with E-state index in [9.17, 15) is 4.79 Å². The highest BCUT2D eigenvalue weighted by atomic mass is 35.5. The molecule has 4 rings (SSSR count). The molecular formula is C22H21ClN2O4S. The summed E-state index contributed by atoms with van der Waals surface area (Å²) in [5, 5.41) is 1.43. The Hall–Kier alpha value is -2.48. The minimum atomic E-state index is -0.219. The van der Waals surface area contributed by atoms with Crippen molar-refractivity contribution in [1.82, 2.24) is 4.90 Å². The first-order valence-corrected chi connectivity index (χ1v) is 10.7. The number of hydrogen-bond acceptors (Lipinski definition) is 6. The first-order valence-electron chi connectivity index (χ1n) is 9.53. The van der Waals surface area contributed by atoms with Crippen LogP contribution in [0.3, 0.4) is 0 Å². The van der Waals surface area contributed by atoms with Crippen molar-refractivity contribution in [3.8, 4) is 11.5 Å². The second-order valence-corrected chi connectivity index (χ2v) is 8.18. The van der Waals surface area contributed by atoms with Crippen LogP contribution in [0.5, 0.6) is 11.5 Å². The smallest absolute Gasteiger partial charge is 0.286 e. The lowest BCUT2D eigenvalue weighted by atomic mass is 10.2. The van der Waals surface area contributed by atoms with Crippen LogP contribution in [0.25, 0.3) is 6.08 Å². The van der Waals surface area contributed by atoms with Crippen molar-refractivity contribution in [1.29, 1.82) is 0 Å². The third-order valence-electron chi connectivity index (χ3n) is 4.68. The average molecular weight is 445 g/mol. The zero-order valence-electron chi connectivity index (χ0n) is 16.5. The van der Waals surface area contributed by atoms with Gasteiger partial charge in [0, 0.05) is 18.1 Å². The Morgan fingerprint density at radius 2 is 1.93 bits per heavy atom. The molecule has 0 saturated carbocycles. The van der Waals surface area contributed by atoms with Gasteiger partial charge in [-0.2, -0.15) is 4.99 Å². The van der Waals surface area contributed by atoms with Gasteiger partial charge < -0.3 is 19.1 Å². The van der Waals surface area contributed by atoms with Gasteiger partial charge >= 0.3 is 0 Å². The van der Waals surface area contributed by atoms with Crippen LogP contribution >= 0.6 is 23.4 Å². The number of aliphatic imine (C=N–C) groups is 1.